The first-order chi connectivity index (χ1) is 12.3. The maximum absolute atomic E-state index is 13.0. The minimum atomic E-state index is -4.58. The number of ketones is 2. The van der Waals surface area contributed by atoms with E-state index in [2.05, 4.69) is 15.2 Å². The van der Waals surface area contributed by atoms with Crippen molar-refractivity contribution in [2.24, 2.45) is 0 Å². The molecule has 26 heavy (non-hydrogen) atoms. The number of hydrogen-bond donors (Lipinski definition) is 1. The van der Waals surface area contributed by atoms with Gasteiger partial charge in [0.15, 0.2) is 11.6 Å². The van der Waals surface area contributed by atoms with Gasteiger partial charge in [-0.2, -0.15) is 18.3 Å². The van der Waals surface area contributed by atoms with Crippen LogP contribution >= 0.6 is 0 Å². The highest BCUT2D eigenvalue weighted by molar-refractivity contribution is 6.42. The summed E-state index contributed by atoms with van der Waals surface area (Å²) in [4.78, 5) is 27.2. The molecule has 0 bridgehead atoms. The fraction of sp³-hybridized carbons (Fsp3) is 0.125. The van der Waals surface area contributed by atoms with Crippen molar-refractivity contribution in [3.8, 4) is 11.5 Å². The van der Waals surface area contributed by atoms with Crippen LogP contribution in [0.1, 0.15) is 21.9 Å². The van der Waals surface area contributed by atoms with Gasteiger partial charge in [-0.25, -0.2) is 4.98 Å². The zero-order chi connectivity index (χ0) is 18.7. The van der Waals surface area contributed by atoms with Gasteiger partial charge in [0.1, 0.15) is 24.1 Å². The first-order valence-electron chi connectivity index (χ1n) is 7.19. The highest BCUT2D eigenvalue weighted by Gasteiger charge is 2.34. The molecule has 0 unspecified atom stereocenters. The van der Waals surface area contributed by atoms with Crippen LogP contribution in [0.15, 0.2) is 47.3 Å². The molecule has 2 heterocycles. The Bertz CT molecular complexity index is 932. The third kappa shape index (κ3) is 3.79. The minimum Gasteiger partial charge on any atom is -0.465 e. The fourth-order valence-electron chi connectivity index (χ4n) is 2.11. The lowest BCUT2D eigenvalue weighted by Crippen LogP contribution is -2.17. The number of nitrogens with one attached hydrogen (secondary N) is 1. The number of Topliss-reactive ketones (excluding diaryl/α,β-unsaturated/α-hetero) is 2. The lowest BCUT2D eigenvalue weighted by molar-refractivity contribution is -0.138. The van der Waals surface area contributed by atoms with Crippen LogP contribution in [0.4, 0.5) is 13.2 Å². The molecule has 10 heteroatoms. The van der Waals surface area contributed by atoms with Gasteiger partial charge in [-0.15, -0.1) is 0 Å². The third-order valence-corrected chi connectivity index (χ3v) is 3.27. The molecule has 0 spiro atoms. The number of benzene rings is 1. The minimum absolute atomic E-state index is 0.0309. The van der Waals surface area contributed by atoms with Gasteiger partial charge in [0.05, 0.1) is 12.0 Å². The smallest absolute Gasteiger partial charge is 0.419 e. The second kappa shape index (κ2) is 6.82. The second-order valence-electron chi connectivity index (χ2n) is 5.11. The number of aromatic amines is 1. The number of rotatable bonds is 6. The molecule has 0 amide bonds. The van der Waals surface area contributed by atoms with Crippen molar-refractivity contribution in [2.45, 2.75) is 12.6 Å². The molecule has 0 aliphatic carbocycles. The summed E-state index contributed by atoms with van der Waals surface area (Å²) < 4.78 is 49.1. The summed E-state index contributed by atoms with van der Waals surface area (Å²) in [7, 11) is 0. The first kappa shape index (κ1) is 17.4. The zero-order valence-electron chi connectivity index (χ0n) is 12.9. The van der Waals surface area contributed by atoms with Gasteiger partial charge >= 0.3 is 6.18 Å². The Balaban J connectivity index is 1.71. The monoisotopic (exact) mass is 365 g/mol. The summed E-state index contributed by atoms with van der Waals surface area (Å²) in [6.07, 6.45) is -2.85. The van der Waals surface area contributed by atoms with Gasteiger partial charge in [-0.3, -0.25) is 14.7 Å². The van der Waals surface area contributed by atoms with E-state index >= 15 is 0 Å². The second-order valence-corrected chi connectivity index (χ2v) is 5.11. The number of H-pyrrole nitrogens is 1. The molecule has 0 atom stereocenters. The number of aromatic nitrogens is 3. The maximum atomic E-state index is 13.0. The molecule has 0 aliphatic rings. The molecule has 1 N–H and O–H groups in total. The Labute approximate surface area is 143 Å². The van der Waals surface area contributed by atoms with Crippen LogP contribution in [0.3, 0.4) is 0 Å². The van der Waals surface area contributed by atoms with Gasteiger partial charge in [-0.05, 0) is 12.1 Å². The summed E-state index contributed by atoms with van der Waals surface area (Å²) in [5.74, 6) is -2.30. The van der Waals surface area contributed by atoms with Gasteiger partial charge in [0.25, 0.3) is 5.78 Å². The number of carbonyl (C=O) groups is 2. The SMILES string of the molecule is O=C(Cc1cc(Oc2ccccc2C(F)(F)F)co1)C(=O)c1ncn[nH]1. The summed E-state index contributed by atoms with van der Waals surface area (Å²) in [5.41, 5.74) is -0.945. The standard InChI is InChI=1S/C16H10F3N3O4/c17-16(18,19)11-3-1-2-4-13(11)26-10-5-9(25-7-10)6-12(23)14(24)15-20-8-21-22-15/h1-5,7-8H,6H2,(H,20,21,22). The molecule has 3 aromatic rings. The van der Waals surface area contributed by atoms with Crippen LogP contribution in [0.2, 0.25) is 0 Å². The predicted molar refractivity (Wildman–Crippen MR) is 79.7 cm³/mol. The molecule has 0 saturated carbocycles. The Morgan fingerprint density at radius 1 is 1.23 bits per heavy atom. The number of ether oxygens (including phenoxy) is 1. The Kier molecular flexibility index (Phi) is 4.57. The molecule has 0 aliphatic heterocycles. The van der Waals surface area contributed by atoms with Crippen LogP contribution in [-0.4, -0.2) is 26.7 Å². The third-order valence-electron chi connectivity index (χ3n) is 3.27. The van der Waals surface area contributed by atoms with E-state index in [1.807, 2.05) is 0 Å². The molecule has 7 nitrogen and oxygen atoms in total. The first-order valence-corrected chi connectivity index (χ1v) is 7.19. The lowest BCUT2D eigenvalue weighted by atomic mass is 10.1. The lowest BCUT2D eigenvalue weighted by Gasteiger charge is -2.11. The van der Waals surface area contributed by atoms with E-state index in [-0.39, 0.29) is 17.3 Å². The summed E-state index contributed by atoms with van der Waals surface area (Å²) in [6, 6.07) is 5.91. The van der Waals surface area contributed by atoms with Gasteiger partial charge in [0, 0.05) is 6.07 Å². The van der Waals surface area contributed by atoms with Crippen molar-refractivity contribution in [3.63, 3.8) is 0 Å². The Morgan fingerprint density at radius 2 is 2.00 bits per heavy atom. The molecule has 2 aromatic heterocycles. The van der Waals surface area contributed by atoms with E-state index < -0.39 is 35.5 Å². The van der Waals surface area contributed by atoms with E-state index in [0.29, 0.717) is 0 Å². The number of halogens is 3. The number of para-hydroxylation sites is 1. The van der Waals surface area contributed by atoms with E-state index in [1.54, 1.807) is 0 Å². The molecule has 0 fully saturated rings. The van der Waals surface area contributed by atoms with E-state index in [9.17, 15) is 22.8 Å². The van der Waals surface area contributed by atoms with Crippen molar-refractivity contribution in [1.82, 2.24) is 15.2 Å². The average molecular weight is 365 g/mol. The Hall–Kier alpha value is -3.43. The predicted octanol–water partition coefficient (Wildman–Crippen LogP) is 3.20. The fourth-order valence-corrected chi connectivity index (χ4v) is 2.11. The van der Waals surface area contributed by atoms with Gasteiger partial charge in [0.2, 0.25) is 5.78 Å². The summed E-state index contributed by atoms with van der Waals surface area (Å²) >= 11 is 0. The van der Waals surface area contributed by atoms with Crippen molar-refractivity contribution in [2.75, 3.05) is 0 Å². The van der Waals surface area contributed by atoms with Crippen LogP contribution in [0.5, 0.6) is 11.5 Å². The van der Waals surface area contributed by atoms with E-state index in [1.165, 1.54) is 18.2 Å². The molecule has 134 valence electrons. The van der Waals surface area contributed by atoms with Crippen LogP contribution < -0.4 is 4.74 Å². The molecule has 1 aromatic carbocycles. The Morgan fingerprint density at radius 3 is 2.69 bits per heavy atom. The molecule has 0 saturated heterocycles. The van der Waals surface area contributed by atoms with E-state index in [4.69, 9.17) is 9.15 Å². The quantitative estimate of drug-likeness (QED) is 0.532. The van der Waals surface area contributed by atoms with Gasteiger partial charge in [-0.1, -0.05) is 12.1 Å². The number of alkyl halides is 3. The van der Waals surface area contributed by atoms with Crippen molar-refractivity contribution < 1.29 is 31.9 Å². The number of furan rings is 1. The highest BCUT2D eigenvalue weighted by atomic mass is 19.4. The molecule has 3 rings (SSSR count). The highest BCUT2D eigenvalue weighted by Crippen LogP contribution is 2.38. The zero-order valence-corrected chi connectivity index (χ0v) is 12.9. The largest absolute Gasteiger partial charge is 0.465 e. The normalized spacial score (nSPS) is 11.3. The average Bonchev–Trinajstić information content (AvgIpc) is 3.26. The van der Waals surface area contributed by atoms with Crippen molar-refractivity contribution >= 4 is 11.6 Å². The summed E-state index contributed by atoms with van der Waals surface area (Å²) in [6.45, 7) is 0. The molecular formula is C16H10F3N3O4. The molecular weight excluding hydrogens is 355 g/mol. The van der Waals surface area contributed by atoms with Crippen LogP contribution in [0.25, 0.3) is 0 Å². The van der Waals surface area contributed by atoms with Crippen molar-refractivity contribution in [1.29, 1.82) is 0 Å². The summed E-state index contributed by atoms with van der Waals surface area (Å²) in [5, 5.41) is 5.74. The number of carbonyl (C=O) groups excluding carboxylic acids is 2. The van der Waals surface area contributed by atoms with E-state index in [0.717, 1.165) is 24.7 Å². The van der Waals surface area contributed by atoms with Crippen LogP contribution in [0, 0.1) is 0 Å². The van der Waals surface area contributed by atoms with Crippen molar-refractivity contribution in [3.05, 3.63) is 60.1 Å². The maximum Gasteiger partial charge on any atom is 0.419 e. The number of nitrogens with zero attached hydrogens (tertiary/aromatic N) is 2. The number of hydrogen-bond acceptors (Lipinski definition) is 6. The van der Waals surface area contributed by atoms with Crippen LogP contribution in [-0.2, 0) is 17.4 Å². The molecule has 0 radical (unpaired) electrons. The topological polar surface area (TPSA) is 98.1 Å². The van der Waals surface area contributed by atoms with Gasteiger partial charge < -0.3 is 9.15 Å².